The lowest BCUT2D eigenvalue weighted by atomic mass is 9.79. The zero-order chi connectivity index (χ0) is 21.6. The van der Waals surface area contributed by atoms with Crippen LogP contribution in [0.4, 0.5) is 4.39 Å². The first-order valence-corrected chi connectivity index (χ1v) is 11.6. The molecular formula is C30H31F. The van der Waals surface area contributed by atoms with Crippen LogP contribution >= 0.6 is 0 Å². The third-order valence-electron chi connectivity index (χ3n) is 6.59. The van der Waals surface area contributed by atoms with Crippen molar-refractivity contribution in [1.29, 1.82) is 0 Å². The standard InChI is InChI=1S/C30H31F/c1-3-4-5-6-24-12-20-29-28(21-24)19-18-27(30(29)31)17-11-23-9-15-26(16-10-23)25-13-7-22(2)8-14-25/h3-4,9-10,12,15-16,18-22,25H,5-8,13-14H2,1-2H3/b4-3+. The van der Waals surface area contributed by atoms with Crippen LogP contribution in [-0.2, 0) is 6.42 Å². The van der Waals surface area contributed by atoms with Crippen molar-refractivity contribution in [3.05, 3.63) is 94.8 Å². The molecule has 0 N–H and O–H groups in total. The molecule has 0 nitrogen and oxygen atoms in total. The Morgan fingerprint density at radius 1 is 0.935 bits per heavy atom. The molecule has 3 aromatic rings. The van der Waals surface area contributed by atoms with Gasteiger partial charge in [-0.25, -0.2) is 4.39 Å². The fourth-order valence-electron chi connectivity index (χ4n) is 4.58. The molecule has 0 atom stereocenters. The first-order chi connectivity index (χ1) is 15.1. The second-order valence-electron chi connectivity index (χ2n) is 8.92. The van der Waals surface area contributed by atoms with Gasteiger partial charge in [-0.3, -0.25) is 0 Å². The van der Waals surface area contributed by atoms with E-state index in [1.165, 1.54) is 36.8 Å². The van der Waals surface area contributed by atoms with E-state index in [4.69, 9.17) is 0 Å². The van der Waals surface area contributed by atoms with Crippen LogP contribution in [0.15, 0.2) is 66.7 Å². The minimum absolute atomic E-state index is 0.224. The summed E-state index contributed by atoms with van der Waals surface area (Å²) < 4.78 is 15.0. The van der Waals surface area contributed by atoms with Crippen molar-refractivity contribution in [2.24, 2.45) is 5.92 Å². The van der Waals surface area contributed by atoms with Crippen LogP contribution in [0.25, 0.3) is 10.8 Å². The van der Waals surface area contributed by atoms with Crippen LogP contribution in [0.2, 0.25) is 0 Å². The third-order valence-corrected chi connectivity index (χ3v) is 6.59. The molecule has 0 radical (unpaired) electrons. The van der Waals surface area contributed by atoms with Crippen molar-refractivity contribution in [3.8, 4) is 11.8 Å². The Labute approximate surface area is 186 Å². The van der Waals surface area contributed by atoms with Crippen LogP contribution in [0.5, 0.6) is 0 Å². The van der Waals surface area contributed by atoms with E-state index in [0.717, 1.165) is 29.7 Å². The number of fused-ring (bicyclic) bond motifs is 1. The number of benzene rings is 3. The number of allylic oxidation sites excluding steroid dienone is 2. The van der Waals surface area contributed by atoms with Gasteiger partial charge in [-0.2, -0.15) is 0 Å². The topological polar surface area (TPSA) is 0 Å². The molecule has 158 valence electrons. The highest BCUT2D eigenvalue weighted by Gasteiger charge is 2.19. The summed E-state index contributed by atoms with van der Waals surface area (Å²) in [6, 6.07) is 18.4. The molecule has 0 heterocycles. The fourth-order valence-corrected chi connectivity index (χ4v) is 4.58. The summed E-state index contributed by atoms with van der Waals surface area (Å²) in [5.74, 6) is 7.52. The largest absolute Gasteiger partial charge is 0.205 e. The molecule has 3 aromatic carbocycles. The highest BCUT2D eigenvalue weighted by molar-refractivity contribution is 5.85. The molecule has 0 aliphatic heterocycles. The van der Waals surface area contributed by atoms with Crippen molar-refractivity contribution in [1.82, 2.24) is 0 Å². The van der Waals surface area contributed by atoms with E-state index in [9.17, 15) is 0 Å². The van der Waals surface area contributed by atoms with E-state index in [0.29, 0.717) is 16.9 Å². The summed E-state index contributed by atoms with van der Waals surface area (Å²) in [6.45, 7) is 4.38. The van der Waals surface area contributed by atoms with Crippen LogP contribution < -0.4 is 0 Å². The first-order valence-electron chi connectivity index (χ1n) is 11.6. The molecule has 0 bridgehead atoms. The van der Waals surface area contributed by atoms with Gasteiger partial charge in [-0.15, -0.1) is 0 Å². The van der Waals surface area contributed by atoms with Crippen LogP contribution in [-0.4, -0.2) is 0 Å². The van der Waals surface area contributed by atoms with Gasteiger partial charge in [0.25, 0.3) is 0 Å². The number of halogens is 1. The zero-order valence-corrected chi connectivity index (χ0v) is 18.6. The van der Waals surface area contributed by atoms with Gasteiger partial charge in [0.15, 0.2) is 0 Å². The minimum Gasteiger partial charge on any atom is -0.205 e. The van der Waals surface area contributed by atoms with Gasteiger partial charge in [0.2, 0.25) is 0 Å². The van der Waals surface area contributed by atoms with Crippen LogP contribution in [0, 0.1) is 23.6 Å². The molecular weight excluding hydrogens is 379 g/mol. The Morgan fingerprint density at radius 3 is 2.45 bits per heavy atom. The van der Waals surface area contributed by atoms with E-state index in [2.05, 4.69) is 61.2 Å². The highest BCUT2D eigenvalue weighted by atomic mass is 19.1. The quantitative estimate of drug-likeness (QED) is 0.300. The summed E-state index contributed by atoms with van der Waals surface area (Å²) >= 11 is 0. The molecule has 31 heavy (non-hydrogen) atoms. The van der Waals surface area contributed by atoms with E-state index in [1.54, 1.807) is 6.07 Å². The smallest absolute Gasteiger partial charge is 0.146 e. The lowest BCUT2D eigenvalue weighted by Crippen LogP contribution is -2.10. The summed E-state index contributed by atoms with van der Waals surface area (Å²) in [5, 5.41) is 1.58. The normalized spacial score (nSPS) is 18.8. The number of aryl methyl sites for hydroxylation is 1. The fraction of sp³-hybridized carbons (Fsp3) is 0.333. The monoisotopic (exact) mass is 410 g/mol. The molecule has 0 aromatic heterocycles. The summed E-state index contributed by atoms with van der Waals surface area (Å²) in [5.41, 5.74) is 4.04. The Hall–Kier alpha value is -2.85. The molecule has 1 fully saturated rings. The molecule has 1 saturated carbocycles. The maximum atomic E-state index is 15.0. The van der Waals surface area contributed by atoms with E-state index < -0.39 is 0 Å². The Kier molecular flexibility index (Phi) is 6.88. The average molecular weight is 411 g/mol. The lowest BCUT2D eigenvalue weighted by molar-refractivity contribution is 0.348. The molecule has 1 heteroatoms. The van der Waals surface area contributed by atoms with Crippen molar-refractivity contribution in [3.63, 3.8) is 0 Å². The Bertz CT molecular complexity index is 1120. The van der Waals surface area contributed by atoms with Gasteiger partial charge < -0.3 is 0 Å². The third kappa shape index (κ3) is 5.26. The molecule has 0 spiro atoms. The van der Waals surface area contributed by atoms with Crippen molar-refractivity contribution < 1.29 is 4.39 Å². The molecule has 4 rings (SSSR count). The van der Waals surface area contributed by atoms with Crippen molar-refractivity contribution in [2.75, 3.05) is 0 Å². The Balaban J connectivity index is 1.50. The summed E-state index contributed by atoms with van der Waals surface area (Å²) in [6.07, 6.45) is 11.4. The SMILES string of the molecule is C/C=C/CCc1ccc2c(F)c(C#Cc3ccc(C4CCC(C)CC4)cc3)ccc2c1. The number of rotatable bonds is 4. The molecule has 0 saturated heterocycles. The van der Waals surface area contributed by atoms with Gasteiger partial charge in [-0.1, -0.05) is 80.2 Å². The van der Waals surface area contributed by atoms with Crippen LogP contribution in [0.1, 0.15) is 74.1 Å². The molecule has 1 aliphatic rings. The predicted octanol–water partition coefficient (Wildman–Crippen LogP) is 8.18. The van der Waals surface area contributed by atoms with Gasteiger partial charge in [0.05, 0.1) is 5.56 Å². The number of hydrogen-bond acceptors (Lipinski definition) is 0. The van der Waals surface area contributed by atoms with Gasteiger partial charge >= 0.3 is 0 Å². The second-order valence-corrected chi connectivity index (χ2v) is 8.92. The zero-order valence-electron chi connectivity index (χ0n) is 18.6. The predicted molar refractivity (Wildman–Crippen MR) is 130 cm³/mol. The lowest BCUT2D eigenvalue weighted by Gasteiger charge is -2.26. The van der Waals surface area contributed by atoms with Gasteiger partial charge in [0.1, 0.15) is 5.82 Å². The average Bonchev–Trinajstić information content (AvgIpc) is 2.80. The van der Waals surface area contributed by atoms with Gasteiger partial charge in [-0.05, 0) is 79.2 Å². The van der Waals surface area contributed by atoms with Gasteiger partial charge in [0, 0.05) is 10.9 Å². The first kappa shape index (κ1) is 21.4. The molecule has 0 unspecified atom stereocenters. The maximum Gasteiger partial charge on any atom is 0.146 e. The van der Waals surface area contributed by atoms with Crippen molar-refractivity contribution in [2.45, 2.75) is 58.3 Å². The molecule has 1 aliphatic carbocycles. The van der Waals surface area contributed by atoms with Crippen molar-refractivity contribution >= 4 is 10.8 Å². The Morgan fingerprint density at radius 2 is 1.71 bits per heavy atom. The van der Waals surface area contributed by atoms with E-state index in [-0.39, 0.29) is 5.82 Å². The van der Waals surface area contributed by atoms with E-state index >= 15 is 4.39 Å². The number of hydrogen-bond donors (Lipinski definition) is 0. The summed E-state index contributed by atoms with van der Waals surface area (Å²) in [4.78, 5) is 0. The highest BCUT2D eigenvalue weighted by Crippen LogP contribution is 2.35. The summed E-state index contributed by atoms with van der Waals surface area (Å²) in [7, 11) is 0. The van der Waals surface area contributed by atoms with E-state index in [1.807, 2.05) is 25.1 Å². The van der Waals surface area contributed by atoms with Crippen LogP contribution in [0.3, 0.4) is 0 Å². The maximum absolute atomic E-state index is 15.0. The second kappa shape index (κ2) is 9.97. The molecule has 0 amide bonds. The minimum atomic E-state index is -0.224.